The van der Waals surface area contributed by atoms with Crippen molar-refractivity contribution in [2.75, 3.05) is 0 Å². The first-order valence-electron chi connectivity index (χ1n) is 8.57. The highest BCUT2D eigenvalue weighted by atomic mass is 16.6. The van der Waals surface area contributed by atoms with E-state index in [1.807, 2.05) is 26.8 Å². The highest BCUT2D eigenvalue weighted by Crippen LogP contribution is 2.61. The van der Waals surface area contributed by atoms with Gasteiger partial charge in [0.1, 0.15) is 23.4 Å². The van der Waals surface area contributed by atoms with Gasteiger partial charge in [0.2, 0.25) is 0 Å². The van der Waals surface area contributed by atoms with Gasteiger partial charge >= 0.3 is 11.6 Å². The normalized spacial score (nSPS) is 41.5. The second kappa shape index (κ2) is 4.83. The summed E-state index contributed by atoms with van der Waals surface area (Å²) in [6.07, 6.45) is 0.527. The monoisotopic (exact) mass is 346 g/mol. The number of allylic oxidation sites excluding steroid dienone is 1. The van der Waals surface area contributed by atoms with E-state index in [-0.39, 0.29) is 5.92 Å². The van der Waals surface area contributed by atoms with Crippen molar-refractivity contribution in [2.45, 2.75) is 57.3 Å². The lowest BCUT2D eigenvalue weighted by Crippen LogP contribution is -2.56. The highest BCUT2D eigenvalue weighted by molar-refractivity contribution is 5.82. The predicted octanol–water partition coefficient (Wildman–Crippen LogP) is 1.55. The lowest BCUT2D eigenvalue weighted by atomic mass is 9.51. The van der Waals surface area contributed by atoms with Crippen LogP contribution in [-0.4, -0.2) is 28.4 Å². The fourth-order valence-electron chi connectivity index (χ4n) is 5.02. The molecule has 2 aliphatic carbocycles. The van der Waals surface area contributed by atoms with Gasteiger partial charge in [-0.3, -0.25) is 4.79 Å². The van der Waals surface area contributed by atoms with Gasteiger partial charge in [-0.15, -0.1) is 0 Å². The summed E-state index contributed by atoms with van der Waals surface area (Å²) in [6.45, 7) is 7.34. The first-order valence-corrected chi connectivity index (χ1v) is 8.57. The largest absolute Gasteiger partial charge is 0.458 e. The molecule has 2 heterocycles. The van der Waals surface area contributed by atoms with Crippen molar-refractivity contribution in [1.29, 1.82) is 0 Å². The Kier molecular flexibility index (Phi) is 3.19. The minimum atomic E-state index is -1.17. The van der Waals surface area contributed by atoms with Crippen LogP contribution in [0, 0.1) is 11.3 Å². The fraction of sp³-hybridized carbons (Fsp3) is 0.579. The highest BCUT2D eigenvalue weighted by Gasteiger charge is 2.69. The quantitative estimate of drug-likeness (QED) is 0.591. The summed E-state index contributed by atoms with van der Waals surface area (Å²) in [7, 11) is 0. The Bertz CT molecular complexity index is 852. The summed E-state index contributed by atoms with van der Waals surface area (Å²) in [4.78, 5) is 24.8. The fourth-order valence-corrected chi connectivity index (χ4v) is 5.02. The van der Waals surface area contributed by atoms with Crippen LogP contribution in [0.25, 0.3) is 0 Å². The third-order valence-electron chi connectivity index (χ3n) is 6.28. The van der Waals surface area contributed by atoms with E-state index in [4.69, 9.17) is 9.15 Å². The zero-order valence-corrected chi connectivity index (χ0v) is 14.6. The summed E-state index contributed by atoms with van der Waals surface area (Å²) < 4.78 is 10.9. The Morgan fingerprint density at radius 3 is 2.52 bits per heavy atom. The lowest BCUT2D eigenvalue weighted by Gasteiger charge is -2.51. The number of esters is 1. The van der Waals surface area contributed by atoms with Crippen molar-refractivity contribution in [3.63, 3.8) is 0 Å². The van der Waals surface area contributed by atoms with Gasteiger partial charge in [-0.1, -0.05) is 32.9 Å². The number of ether oxygens (including phenoxy) is 1. The van der Waals surface area contributed by atoms with Gasteiger partial charge < -0.3 is 19.4 Å². The maximum absolute atomic E-state index is 12.6. The molecule has 2 N–H and O–H groups in total. The van der Waals surface area contributed by atoms with Crippen LogP contribution < -0.4 is 5.63 Å². The Morgan fingerprint density at radius 2 is 1.88 bits per heavy atom. The third kappa shape index (κ3) is 1.81. The molecule has 1 aliphatic heterocycles. The molecule has 1 aromatic heterocycles. The Morgan fingerprint density at radius 1 is 1.20 bits per heavy atom. The Hall–Kier alpha value is -1.92. The van der Waals surface area contributed by atoms with E-state index in [9.17, 15) is 19.8 Å². The molecule has 1 saturated heterocycles. The zero-order chi connectivity index (χ0) is 18.3. The molecule has 0 aromatic carbocycles. The molecule has 134 valence electrons. The number of carbonyl (C=O) groups is 1. The molecule has 1 aromatic rings. The molecule has 25 heavy (non-hydrogen) atoms. The van der Waals surface area contributed by atoms with E-state index in [1.165, 1.54) is 6.07 Å². The van der Waals surface area contributed by atoms with Crippen LogP contribution in [0.1, 0.15) is 56.6 Å². The summed E-state index contributed by atoms with van der Waals surface area (Å²) in [5, 5.41) is 21.5. The lowest BCUT2D eigenvalue weighted by molar-refractivity contribution is -0.154. The van der Waals surface area contributed by atoms with E-state index in [0.29, 0.717) is 16.9 Å². The molecule has 6 heteroatoms. The maximum atomic E-state index is 12.6. The van der Waals surface area contributed by atoms with Crippen LogP contribution in [0.2, 0.25) is 0 Å². The van der Waals surface area contributed by atoms with E-state index in [1.54, 1.807) is 13.0 Å². The number of rotatable bonds is 1. The van der Waals surface area contributed by atoms with Gasteiger partial charge in [0.05, 0.1) is 6.10 Å². The molecule has 6 nitrogen and oxygen atoms in total. The molecule has 0 spiro atoms. The second-order valence-corrected chi connectivity index (χ2v) is 8.07. The third-order valence-corrected chi connectivity index (χ3v) is 6.28. The van der Waals surface area contributed by atoms with E-state index in [0.717, 1.165) is 0 Å². The van der Waals surface area contributed by atoms with E-state index in [2.05, 4.69) is 0 Å². The number of carbonyl (C=O) groups excluding carboxylic acids is 1. The number of hydrogen-bond acceptors (Lipinski definition) is 6. The summed E-state index contributed by atoms with van der Waals surface area (Å²) >= 11 is 0. The molecule has 1 fully saturated rings. The van der Waals surface area contributed by atoms with Gasteiger partial charge in [0.25, 0.3) is 0 Å². The molecular weight excluding hydrogens is 324 g/mol. The van der Waals surface area contributed by atoms with Gasteiger partial charge in [0.15, 0.2) is 0 Å². The SMILES string of the molecule is CC(C)c1oc(=O)cc2c1[C@@H](O)[C@H]1OC(=O)[C@@]3(C)[C@@H](O)C=C[C@@]2(C)[C@@H]13. The van der Waals surface area contributed by atoms with Crippen LogP contribution >= 0.6 is 0 Å². The minimum Gasteiger partial charge on any atom is -0.458 e. The van der Waals surface area contributed by atoms with Gasteiger partial charge in [0, 0.05) is 28.9 Å². The van der Waals surface area contributed by atoms with E-state index >= 15 is 0 Å². The van der Waals surface area contributed by atoms with E-state index < -0.39 is 46.7 Å². The molecule has 0 unspecified atom stereocenters. The summed E-state index contributed by atoms with van der Waals surface area (Å²) in [6, 6.07) is 1.39. The van der Waals surface area contributed by atoms with Crippen molar-refractivity contribution in [2.24, 2.45) is 11.3 Å². The van der Waals surface area contributed by atoms with Crippen molar-refractivity contribution >= 4 is 5.97 Å². The first kappa shape index (κ1) is 16.5. The standard InChI is InChI=1S/C19H22O6/c1-8(2)14-12-9(7-11(21)24-14)18(3)6-5-10(20)19(4)16(18)15(13(12)22)25-17(19)23/h5-8,10,13,15-16,20,22H,1-4H3/t10-,13+,15+,16+,18+,19-/m0/s1. The Labute approximate surface area is 145 Å². The molecular formula is C19H22O6. The van der Waals surface area contributed by atoms with Crippen molar-refractivity contribution in [3.8, 4) is 0 Å². The van der Waals surface area contributed by atoms with Crippen LogP contribution in [0.15, 0.2) is 27.4 Å². The maximum Gasteiger partial charge on any atom is 0.336 e. The van der Waals surface area contributed by atoms with Crippen molar-refractivity contribution < 1.29 is 24.2 Å². The average molecular weight is 346 g/mol. The molecule has 0 amide bonds. The van der Waals surface area contributed by atoms with Crippen LogP contribution in [-0.2, 0) is 14.9 Å². The number of fused-ring (bicyclic) bond motifs is 2. The topological polar surface area (TPSA) is 97.0 Å². The van der Waals surface area contributed by atoms with Crippen LogP contribution in [0.3, 0.4) is 0 Å². The molecule has 4 rings (SSSR count). The minimum absolute atomic E-state index is 0.112. The molecule has 0 radical (unpaired) electrons. The van der Waals surface area contributed by atoms with Crippen LogP contribution in [0.4, 0.5) is 0 Å². The molecule has 3 aliphatic rings. The number of aliphatic hydroxyl groups excluding tert-OH is 2. The molecule has 0 bridgehead atoms. The van der Waals surface area contributed by atoms with Gasteiger partial charge in [-0.2, -0.15) is 0 Å². The number of aliphatic hydroxyl groups is 2. The smallest absolute Gasteiger partial charge is 0.336 e. The molecule has 0 saturated carbocycles. The van der Waals surface area contributed by atoms with Gasteiger partial charge in [-0.25, -0.2) is 4.79 Å². The first-order chi connectivity index (χ1) is 11.6. The molecule has 6 atom stereocenters. The van der Waals surface area contributed by atoms with Gasteiger partial charge in [-0.05, 0) is 12.5 Å². The zero-order valence-electron chi connectivity index (χ0n) is 14.6. The second-order valence-electron chi connectivity index (χ2n) is 8.07. The van der Waals surface area contributed by atoms with Crippen molar-refractivity contribution in [1.82, 2.24) is 0 Å². The summed E-state index contributed by atoms with van der Waals surface area (Å²) in [5.74, 6) is -0.697. The summed E-state index contributed by atoms with van der Waals surface area (Å²) in [5.41, 5.74) is -1.20. The Balaban J connectivity index is 2.08. The van der Waals surface area contributed by atoms with Crippen LogP contribution in [0.5, 0.6) is 0 Å². The average Bonchev–Trinajstić information content (AvgIpc) is 2.83. The predicted molar refractivity (Wildman–Crippen MR) is 88.0 cm³/mol. The van der Waals surface area contributed by atoms with Crippen molar-refractivity contribution in [3.05, 3.63) is 45.5 Å². The number of hydrogen-bond donors (Lipinski definition) is 2.